The van der Waals surface area contributed by atoms with Crippen LogP contribution in [0.3, 0.4) is 0 Å². The summed E-state index contributed by atoms with van der Waals surface area (Å²) in [5, 5.41) is 2.96. The number of nitrogen functional groups attached to an aromatic ring is 2. The van der Waals surface area contributed by atoms with Crippen molar-refractivity contribution in [3.8, 4) is 0 Å². The van der Waals surface area contributed by atoms with E-state index in [0.29, 0.717) is 5.95 Å². The minimum absolute atomic E-state index is 0. The number of aromatic nitrogens is 3. The molecule has 0 aliphatic rings. The van der Waals surface area contributed by atoms with Crippen LogP contribution in [-0.2, 0) is 0 Å². The van der Waals surface area contributed by atoms with Gasteiger partial charge in [-0.25, -0.2) is 0 Å². The molecule has 1 aromatic heterocycles. The summed E-state index contributed by atoms with van der Waals surface area (Å²) in [6.45, 7) is 0. The van der Waals surface area contributed by atoms with Gasteiger partial charge in [-0.3, -0.25) is 0 Å². The van der Waals surface area contributed by atoms with E-state index in [0.717, 1.165) is 10.0 Å². The molecule has 5 N–H and O–H groups in total. The van der Waals surface area contributed by atoms with Crippen molar-refractivity contribution >= 4 is 73.0 Å². The molecular formula is C9H10AsCl3N6. The molecule has 0 saturated carbocycles. The first-order valence-electron chi connectivity index (χ1n) is 4.80. The van der Waals surface area contributed by atoms with Gasteiger partial charge in [0.25, 0.3) is 0 Å². The van der Waals surface area contributed by atoms with Crippen molar-refractivity contribution in [1.29, 1.82) is 0 Å². The Labute approximate surface area is 128 Å². The third-order valence-electron chi connectivity index (χ3n) is 1.99. The van der Waals surface area contributed by atoms with Crippen molar-refractivity contribution in [3.05, 3.63) is 24.3 Å². The van der Waals surface area contributed by atoms with E-state index in [1.165, 1.54) is 0 Å². The van der Waals surface area contributed by atoms with E-state index in [2.05, 4.69) is 20.3 Å². The molecule has 2 rings (SSSR count). The van der Waals surface area contributed by atoms with E-state index in [1.54, 1.807) is 0 Å². The van der Waals surface area contributed by atoms with Gasteiger partial charge in [0.05, 0.1) is 0 Å². The number of hydrogen-bond donors (Lipinski definition) is 3. The molecule has 0 fully saturated rings. The fourth-order valence-electron chi connectivity index (χ4n) is 1.25. The maximum atomic E-state index is 5.88. The fourth-order valence-corrected chi connectivity index (χ4v) is 3.21. The van der Waals surface area contributed by atoms with Crippen LogP contribution in [0.5, 0.6) is 0 Å². The molecule has 0 aliphatic carbocycles. The van der Waals surface area contributed by atoms with Crippen molar-refractivity contribution in [2.45, 2.75) is 0 Å². The first-order valence-corrected chi connectivity index (χ1v) is 10.7. The van der Waals surface area contributed by atoms with Gasteiger partial charge in [0.15, 0.2) is 0 Å². The molecule has 0 atom stereocenters. The zero-order valence-electron chi connectivity index (χ0n) is 9.42. The van der Waals surface area contributed by atoms with Crippen molar-refractivity contribution in [1.82, 2.24) is 15.0 Å². The molecule has 1 heterocycles. The van der Waals surface area contributed by atoms with Gasteiger partial charge >= 0.3 is 117 Å². The van der Waals surface area contributed by atoms with Crippen LogP contribution in [-0.4, -0.2) is 27.7 Å². The molecule has 0 unspecified atom stereocenters. The second-order valence-corrected chi connectivity index (χ2v) is 9.75. The average molecular weight is 384 g/mol. The standard InChI is InChI=1S/C9H9AsCl2N6.ClH/c11-10(12)5-1-3-6(4-2-5)15-9-17-7(13)16-8(14)18-9;/h1-4H,(H5,13,14,15,16,17,18);1H. The van der Waals surface area contributed by atoms with Crippen LogP contribution < -0.4 is 21.1 Å². The van der Waals surface area contributed by atoms with Gasteiger partial charge in [-0.2, -0.15) is 0 Å². The second-order valence-electron chi connectivity index (χ2n) is 3.28. The predicted octanol–water partition coefficient (Wildman–Crippen LogP) is 1.37. The summed E-state index contributed by atoms with van der Waals surface area (Å²) in [5.74, 6) is 0.422. The quantitative estimate of drug-likeness (QED) is 0.692. The Morgan fingerprint density at radius 3 is 1.95 bits per heavy atom. The monoisotopic (exact) mass is 382 g/mol. The first-order chi connectivity index (χ1) is 8.54. The Kier molecular flexibility index (Phi) is 5.94. The van der Waals surface area contributed by atoms with Crippen molar-refractivity contribution < 1.29 is 0 Å². The molecule has 19 heavy (non-hydrogen) atoms. The molecule has 0 spiro atoms. The van der Waals surface area contributed by atoms with Crippen molar-refractivity contribution in [2.75, 3.05) is 16.8 Å². The zero-order chi connectivity index (χ0) is 13.1. The Balaban J connectivity index is 0.00000180. The number of nitrogens with one attached hydrogen (secondary N) is 1. The van der Waals surface area contributed by atoms with Crippen LogP contribution in [0.15, 0.2) is 24.3 Å². The van der Waals surface area contributed by atoms with Gasteiger partial charge < -0.3 is 0 Å². The molecule has 0 bridgehead atoms. The average Bonchev–Trinajstić information content (AvgIpc) is 2.28. The molecule has 1 aromatic carbocycles. The molecule has 10 heteroatoms. The number of hydrogen-bond acceptors (Lipinski definition) is 6. The summed E-state index contributed by atoms with van der Waals surface area (Å²) < 4.78 is 0.950. The number of benzene rings is 1. The summed E-state index contributed by atoms with van der Waals surface area (Å²) in [7, 11) is 11.8. The Morgan fingerprint density at radius 1 is 0.947 bits per heavy atom. The van der Waals surface area contributed by atoms with Crippen LogP contribution in [0, 0.1) is 0 Å². The van der Waals surface area contributed by atoms with E-state index >= 15 is 0 Å². The van der Waals surface area contributed by atoms with Gasteiger partial charge in [-0.15, -0.1) is 12.4 Å². The number of rotatable bonds is 3. The van der Waals surface area contributed by atoms with E-state index in [4.69, 9.17) is 31.4 Å². The van der Waals surface area contributed by atoms with Gasteiger partial charge in [-0.05, 0) is 0 Å². The molecule has 102 valence electrons. The van der Waals surface area contributed by atoms with Gasteiger partial charge in [0, 0.05) is 0 Å². The minimum atomic E-state index is -1.88. The van der Waals surface area contributed by atoms with Crippen LogP contribution >= 0.6 is 32.3 Å². The fraction of sp³-hybridized carbons (Fsp3) is 0. The number of halogens is 3. The first kappa shape index (κ1) is 16.1. The molecular weight excluding hydrogens is 373 g/mol. The van der Waals surface area contributed by atoms with Crippen LogP contribution in [0.4, 0.5) is 23.5 Å². The van der Waals surface area contributed by atoms with E-state index in [-0.39, 0.29) is 24.3 Å². The van der Waals surface area contributed by atoms with E-state index in [9.17, 15) is 0 Å². The van der Waals surface area contributed by atoms with Gasteiger partial charge in [-0.1, -0.05) is 0 Å². The van der Waals surface area contributed by atoms with E-state index < -0.39 is 12.8 Å². The molecule has 0 aliphatic heterocycles. The summed E-state index contributed by atoms with van der Waals surface area (Å²) in [6.07, 6.45) is 0. The maximum absolute atomic E-state index is 5.88. The van der Waals surface area contributed by atoms with E-state index in [1.807, 2.05) is 24.3 Å². The molecule has 6 nitrogen and oxygen atoms in total. The molecule has 0 radical (unpaired) electrons. The van der Waals surface area contributed by atoms with Crippen LogP contribution in [0.1, 0.15) is 0 Å². The number of nitrogens with two attached hydrogens (primary N) is 2. The molecule has 2 aromatic rings. The Hall–Kier alpha value is -0.942. The summed E-state index contributed by atoms with van der Waals surface area (Å²) in [5.41, 5.74) is 11.7. The number of anilines is 4. The predicted molar refractivity (Wildman–Crippen MR) is 82.7 cm³/mol. The van der Waals surface area contributed by atoms with Crippen molar-refractivity contribution in [2.24, 2.45) is 0 Å². The Morgan fingerprint density at radius 2 is 1.47 bits per heavy atom. The van der Waals surface area contributed by atoms with Crippen LogP contribution in [0.2, 0.25) is 0 Å². The summed E-state index contributed by atoms with van der Waals surface area (Å²) in [4.78, 5) is 11.5. The van der Waals surface area contributed by atoms with Crippen LogP contribution in [0.25, 0.3) is 0 Å². The zero-order valence-corrected chi connectivity index (χ0v) is 13.6. The Bertz CT molecular complexity index is 530. The molecule has 0 amide bonds. The summed E-state index contributed by atoms with van der Waals surface area (Å²) in [6, 6.07) is 7.38. The SMILES string of the molecule is Cl.Nc1nc(N)nc(Nc2ccc([As](Cl)Cl)cc2)n1. The second kappa shape index (κ2) is 7.01. The topological polar surface area (TPSA) is 103 Å². The van der Waals surface area contributed by atoms with Gasteiger partial charge in [0.1, 0.15) is 0 Å². The normalized spacial score (nSPS) is 10.1. The van der Waals surface area contributed by atoms with Gasteiger partial charge in [0.2, 0.25) is 0 Å². The third kappa shape index (κ3) is 4.58. The summed E-state index contributed by atoms with van der Waals surface area (Å²) >= 11 is -1.88. The van der Waals surface area contributed by atoms with Crippen molar-refractivity contribution in [3.63, 3.8) is 0 Å². The molecule has 0 saturated heterocycles. The number of nitrogens with zero attached hydrogens (tertiary/aromatic N) is 3. The third-order valence-corrected chi connectivity index (χ3v) is 5.46.